The predicted molar refractivity (Wildman–Crippen MR) is 110 cm³/mol. The summed E-state index contributed by atoms with van der Waals surface area (Å²) < 4.78 is 0. The SMILES string of the molecule is Cc1c(C)c(C)c2c(c1C)Cc1c-2ccc2c(C)c(C)c(C)c(C)c12. The van der Waals surface area contributed by atoms with E-state index in [1.54, 1.807) is 11.1 Å². The van der Waals surface area contributed by atoms with Crippen LogP contribution < -0.4 is 0 Å². The number of rotatable bonds is 0. The molecule has 0 nitrogen and oxygen atoms in total. The van der Waals surface area contributed by atoms with Gasteiger partial charge in [-0.05, 0) is 139 Å². The van der Waals surface area contributed by atoms with E-state index in [1.807, 2.05) is 0 Å². The van der Waals surface area contributed by atoms with E-state index in [0.29, 0.717) is 0 Å². The quantitative estimate of drug-likeness (QED) is 0.330. The van der Waals surface area contributed by atoms with Gasteiger partial charge in [0.1, 0.15) is 0 Å². The molecular formula is C25H28. The van der Waals surface area contributed by atoms with Gasteiger partial charge >= 0.3 is 0 Å². The molecule has 1 aliphatic carbocycles. The molecule has 128 valence electrons. The first-order valence-electron chi connectivity index (χ1n) is 9.37. The average Bonchev–Trinajstić information content (AvgIpc) is 3.00. The van der Waals surface area contributed by atoms with Crippen molar-refractivity contribution in [3.05, 3.63) is 67.8 Å². The molecule has 0 radical (unpaired) electrons. The van der Waals surface area contributed by atoms with Crippen molar-refractivity contribution in [1.29, 1.82) is 0 Å². The third-order valence-electron chi connectivity index (χ3n) is 7.22. The second-order valence-electron chi connectivity index (χ2n) is 8.04. The van der Waals surface area contributed by atoms with Gasteiger partial charge in [0, 0.05) is 0 Å². The maximum absolute atomic E-state index is 2.38. The molecule has 4 rings (SSSR count). The summed E-state index contributed by atoms with van der Waals surface area (Å²) in [5, 5.41) is 2.94. The van der Waals surface area contributed by atoms with Gasteiger partial charge in [-0.2, -0.15) is 0 Å². The first-order valence-corrected chi connectivity index (χ1v) is 9.37. The Labute approximate surface area is 151 Å². The second kappa shape index (κ2) is 5.21. The fourth-order valence-corrected chi connectivity index (χ4v) is 4.91. The lowest BCUT2D eigenvalue weighted by atomic mass is 9.87. The first kappa shape index (κ1) is 16.4. The summed E-state index contributed by atoms with van der Waals surface area (Å²) in [7, 11) is 0. The van der Waals surface area contributed by atoms with Crippen molar-refractivity contribution in [1.82, 2.24) is 0 Å². The molecule has 0 aromatic heterocycles. The predicted octanol–water partition coefficient (Wildman–Crippen LogP) is 6.88. The zero-order chi connectivity index (χ0) is 18.2. The lowest BCUT2D eigenvalue weighted by molar-refractivity contribution is 1.15. The van der Waals surface area contributed by atoms with E-state index >= 15 is 0 Å². The van der Waals surface area contributed by atoms with Crippen molar-refractivity contribution in [2.75, 3.05) is 0 Å². The van der Waals surface area contributed by atoms with E-state index < -0.39 is 0 Å². The molecule has 0 spiro atoms. The molecule has 0 saturated heterocycles. The van der Waals surface area contributed by atoms with Crippen LogP contribution in [0.4, 0.5) is 0 Å². The van der Waals surface area contributed by atoms with Gasteiger partial charge in [0.15, 0.2) is 0 Å². The Morgan fingerprint density at radius 2 is 1.08 bits per heavy atom. The monoisotopic (exact) mass is 328 g/mol. The van der Waals surface area contributed by atoms with Crippen molar-refractivity contribution in [2.24, 2.45) is 0 Å². The molecule has 0 atom stereocenters. The zero-order valence-electron chi connectivity index (χ0n) is 16.9. The minimum Gasteiger partial charge on any atom is -0.0535 e. The minimum absolute atomic E-state index is 1.08. The first-order chi connectivity index (χ1) is 11.8. The summed E-state index contributed by atoms with van der Waals surface area (Å²) in [6, 6.07) is 4.74. The number of hydrogen-bond acceptors (Lipinski definition) is 0. The number of hydrogen-bond donors (Lipinski definition) is 0. The summed E-state index contributed by atoms with van der Waals surface area (Å²) in [5.41, 5.74) is 17.8. The van der Waals surface area contributed by atoms with Crippen LogP contribution in [0.2, 0.25) is 0 Å². The summed E-state index contributed by atoms with van der Waals surface area (Å²) >= 11 is 0. The lowest BCUT2D eigenvalue weighted by Crippen LogP contribution is -1.98. The van der Waals surface area contributed by atoms with Crippen LogP contribution in [0.1, 0.15) is 55.6 Å². The third kappa shape index (κ3) is 1.94. The van der Waals surface area contributed by atoms with E-state index in [1.165, 1.54) is 66.4 Å². The summed E-state index contributed by atoms with van der Waals surface area (Å²) in [4.78, 5) is 0. The van der Waals surface area contributed by atoms with E-state index in [2.05, 4.69) is 67.5 Å². The molecule has 0 amide bonds. The molecule has 25 heavy (non-hydrogen) atoms. The summed E-state index contributed by atoms with van der Waals surface area (Å²) in [5.74, 6) is 0. The Morgan fingerprint density at radius 1 is 0.520 bits per heavy atom. The maximum Gasteiger partial charge on any atom is -0.000435 e. The molecule has 1 aliphatic rings. The van der Waals surface area contributed by atoms with E-state index in [9.17, 15) is 0 Å². The molecule has 0 bridgehead atoms. The van der Waals surface area contributed by atoms with Crippen LogP contribution in [0.5, 0.6) is 0 Å². The Morgan fingerprint density at radius 3 is 1.76 bits per heavy atom. The van der Waals surface area contributed by atoms with Gasteiger partial charge in [0.05, 0.1) is 0 Å². The Kier molecular flexibility index (Phi) is 3.41. The van der Waals surface area contributed by atoms with Crippen molar-refractivity contribution in [3.63, 3.8) is 0 Å². The highest BCUT2D eigenvalue weighted by atomic mass is 14.3. The Hall–Kier alpha value is -2.08. The van der Waals surface area contributed by atoms with Gasteiger partial charge in [-0.3, -0.25) is 0 Å². The molecule has 3 aromatic rings. The molecule has 0 unspecified atom stereocenters. The Balaban J connectivity index is 2.17. The van der Waals surface area contributed by atoms with Gasteiger partial charge in [-0.1, -0.05) is 12.1 Å². The second-order valence-corrected chi connectivity index (χ2v) is 8.04. The summed E-state index contributed by atoms with van der Waals surface area (Å²) in [6.07, 6.45) is 1.08. The van der Waals surface area contributed by atoms with Crippen LogP contribution in [0, 0.1) is 55.4 Å². The van der Waals surface area contributed by atoms with Crippen LogP contribution in [-0.2, 0) is 6.42 Å². The highest BCUT2D eigenvalue weighted by Gasteiger charge is 2.27. The highest BCUT2D eigenvalue weighted by molar-refractivity contribution is 6.00. The lowest BCUT2D eigenvalue weighted by Gasteiger charge is -2.17. The summed E-state index contributed by atoms with van der Waals surface area (Å²) in [6.45, 7) is 18.3. The molecule has 3 aromatic carbocycles. The van der Waals surface area contributed by atoms with Crippen molar-refractivity contribution >= 4 is 10.8 Å². The standard InChI is InChI=1S/C25H28/c1-12-14(3)18(7)24-20(16(12)5)9-10-21-23(24)11-22-17(6)13(2)15(4)19(8)25(21)22/h9-10H,11H2,1-8H3. The van der Waals surface area contributed by atoms with Gasteiger partial charge in [-0.15, -0.1) is 0 Å². The molecular weight excluding hydrogens is 300 g/mol. The van der Waals surface area contributed by atoms with E-state index in [0.717, 1.165) is 6.42 Å². The normalized spacial score (nSPS) is 12.6. The van der Waals surface area contributed by atoms with Crippen LogP contribution in [-0.4, -0.2) is 0 Å². The number of fused-ring (bicyclic) bond motifs is 5. The van der Waals surface area contributed by atoms with Crippen molar-refractivity contribution in [3.8, 4) is 11.1 Å². The van der Waals surface area contributed by atoms with Gasteiger partial charge < -0.3 is 0 Å². The third-order valence-corrected chi connectivity index (χ3v) is 7.22. The van der Waals surface area contributed by atoms with Crippen LogP contribution in [0.3, 0.4) is 0 Å². The smallest absolute Gasteiger partial charge is 0.000435 e. The fourth-order valence-electron chi connectivity index (χ4n) is 4.91. The van der Waals surface area contributed by atoms with Crippen molar-refractivity contribution < 1.29 is 0 Å². The molecule has 0 heteroatoms. The largest absolute Gasteiger partial charge is 0.0535 e. The molecule has 0 heterocycles. The zero-order valence-corrected chi connectivity index (χ0v) is 16.9. The van der Waals surface area contributed by atoms with E-state index in [-0.39, 0.29) is 0 Å². The van der Waals surface area contributed by atoms with Gasteiger partial charge in [0.2, 0.25) is 0 Å². The molecule has 0 N–H and O–H groups in total. The minimum atomic E-state index is 1.08. The molecule has 0 aliphatic heterocycles. The van der Waals surface area contributed by atoms with Gasteiger partial charge in [-0.25, -0.2) is 0 Å². The van der Waals surface area contributed by atoms with Crippen LogP contribution >= 0.6 is 0 Å². The fraction of sp³-hybridized carbons (Fsp3) is 0.360. The Bertz CT molecular complexity index is 1080. The maximum atomic E-state index is 2.38. The van der Waals surface area contributed by atoms with Crippen LogP contribution in [0.15, 0.2) is 12.1 Å². The van der Waals surface area contributed by atoms with Crippen molar-refractivity contribution in [2.45, 2.75) is 61.8 Å². The van der Waals surface area contributed by atoms with E-state index in [4.69, 9.17) is 0 Å². The van der Waals surface area contributed by atoms with Gasteiger partial charge in [0.25, 0.3) is 0 Å². The number of aryl methyl sites for hydroxylation is 2. The molecule has 0 saturated carbocycles. The average molecular weight is 328 g/mol. The van der Waals surface area contributed by atoms with Crippen LogP contribution in [0.25, 0.3) is 21.9 Å². The topological polar surface area (TPSA) is 0 Å². The highest BCUT2D eigenvalue weighted by Crippen LogP contribution is 2.47. The number of benzene rings is 3. The molecule has 0 fully saturated rings.